The van der Waals surface area contributed by atoms with Gasteiger partial charge in [-0.05, 0) is 48.5 Å². The molecule has 1 heterocycles. The zero-order valence-electron chi connectivity index (χ0n) is 14.9. The second kappa shape index (κ2) is 8.05. The Hall–Kier alpha value is -3.81. The highest BCUT2D eigenvalue weighted by Gasteiger charge is 2.10. The first-order chi connectivity index (χ1) is 13.1. The largest absolute Gasteiger partial charge is 0.497 e. The summed E-state index contributed by atoms with van der Waals surface area (Å²) in [5.74, 6) is 1.29. The van der Waals surface area contributed by atoms with E-state index in [1.54, 1.807) is 31.4 Å². The average molecular weight is 365 g/mol. The number of rotatable bonds is 6. The summed E-state index contributed by atoms with van der Waals surface area (Å²) in [6, 6.07) is 14.2. The number of nitrogens with zero attached hydrogens (tertiary/aromatic N) is 2. The molecule has 138 valence electrons. The molecule has 0 aliphatic heterocycles. The summed E-state index contributed by atoms with van der Waals surface area (Å²) < 4.78 is 9.83. The van der Waals surface area contributed by atoms with Crippen molar-refractivity contribution in [3.8, 4) is 5.75 Å². The van der Waals surface area contributed by atoms with Crippen LogP contribution >= 0.6 is 0 Å². The zero-order chi connectivity index (χ0) is 19.2. The van der Waals surface area contributed by atoms with Crippen molar-refractivity contribution < 1.29 is 14.3 Å². The summed E-state index contributed by atoms with van der Waals surface area (Å²) >= 11 is 0. The molecule has 0 fully saturated rings. The molecule has 0 radical (unpaired) electrons. The molecule has 0 unspecified atom stereocenters. The molecule has 4 N–H and O–H groups in total. The standard InChI is InChI=1S/C19H19N5O3/c1-26-15-9-7-14(8-10-15)24-18-16(20)17(21-11-22-18)23-13-5-3-12(4-6-13)19(25)27-2/h3-11H,20H2,1-2H3,(H2,21,22,23,24). The van der Waals surface area contributed by atoms with Gasteiger partial charge in [0.1, 0.15) is 17.8 Å². The van der Waals surface area contributed by atoms with Gasteiger partial charge in [-0.3, -0.25) is 0 Å². The molecule has 0 amide bonds. The molecule has 3 rings (SSSR count). The molecule has 1 aromatic heterocycles. The molecule has 8 nitrogen and oxygen atoms in total. The van der Waals surface area contributed by atoms with Gasteiger partial charge in [0.25, 0.3) is 0 Å². The van der Waals surface area contributed by atoms with E-state index >= 15 is 0 Å². The Balaban J connectivity index is 1.77. The van der Waals surface area contributed by atoms with Crippen LogP contribution in [0.25, 0.3) is 0 Å². The van der Waals surface area contributed by atoms with Crippen LogP contribution in [0.2, 0.25) is 0 Å². The molecule has 0 bridgehead atoms. The molecule has 8 heteroatoms. The lowest BCUT2D eigenvalue weighted by Crippen LogP contribution is -2.05. The summed E-state index contributed by atoms with van der Waals surface area (Å²) in [6.07, 6.45) is 1.41. The van der Waals surface area contributed by atoms with Crippen LogP contribution in [0.1, 0.15) is 10.4 Å². The zero-order valence-corrected chi connectivity index (χ0v) is 14.9. The maximum absolute atomic E-state index is 11.5. The molecule has 2 aromatic carbocycles. The molecule has 0 aliphatic carbocycles. The van der Waals surface area contributed by atoms with E-state index < -0.39 is 5.97 Å². The fraction of sp³-hybridized carbons (Fsp3) is 0.105. The predicted molar refractivity (Wildman–Crippen MR) is 104 cm³/mol. The number of hydrogen-bond acceptors (Lipinski definition) is 8. The molecule has 0 atom stereocenters. The summed E-state index contributed by atoms with van der Waals surface area (Å²) in [5, 5.41) is 6.26. The maximum Gasteiger partial charge on any atom is 0.337 e. The number of esters is 1. The number of carbonyl (C=O) groups is 1. The van der Waals surface area contributed by atoms with E-state index in [1.807, 2.05) is 24.3 Å². The van der Waals surface area contributed by atoms with E-state index in [-0.39, 0.29) is 0 Å². The van der Waals surface area contributed by atoms with Gasteiger partial charge in [0.15, 0.2) is 11.6 Å². The van der Waals surface area contributed by atoms with Gasteiger partial charge in [-0.25, -0.2) is 14.8 Å². The smallest absolute Gasteiger partial charge is 0.337 e. The van der Waals surface area contributed by atoms with Crippen LogP contribution in [0.5, 0.6) is 5.75 Å². The monoisotopic (exact) mass is 365 g/mol. The third-order valence-electron chi connectivity index (χ3n) is 3.81. The number of ether oxygens (including phenoxy) is 2. The number of aromatic nitrogens is 2. The van der Waals surface area contributed by atoms with E-state index in [0.717, 1.165) is 17.1 Å². The van der Waals surface area contributed by atoms with E-state index in [4.69, 9.17) is 10.5 Å². The van der Waals surface area contributed by atoms with Crippen LogP contribution in [-0.2, 0) is 4.74 Å². The minimum absolute atomic E-state index is 0.366. The van der Waals surface area contributed by atoms with Crippen molar-refractivity contribution in [3.63, 3.8) is 0 Å². The van der Waals surface area contributed by atoms with Gasteiger partial charge >= 0.3 is 5.97 Å². The summed E-state index contributed by atoms with van der Waals surface area (Å²) in [5.41, 5.74) is 8.55. The SMILES string of the molecule is COC(=O)c1ccc(Nc2ncnc(Nc3ccc(OC)cc3)c2N)cc1. The number of hydrogen-bond donors (Lipinski definition) is 3. The minimum atomic E-state index is -0.394. The van der Waals surface area contributed by atoms with Crippen LogP contribution in [0, 0.1) is 0 Å². The third kappa shape index (κ3) is 4.24. The topological polar surface area (TPSA) is 111 Å². The third-order valence-corrected chi connectivity index (χ3v) is 3.81. The quantitative estimate of drug-likeness (QED) is 0.570. The van der Waals surface area contributed by atoms with Gasteiger partial charge in [0.2, 0.25) is 0 Å². The van der Waals surface area contributed by atoms with Crippen molar-refractivity contribution in [2.45, 2.75) is 0 Å². The number of methoxy groups -OCH3 is 2. The molecule has 3 aromatic rings. The highest BCUT2D eigenvalue weighted by molar-refractivity contribution is 5.90. The van der Waals surface area contributed by atoms with Crippen molar-refractivity contribution in [1.29, 1.82) is 0 Å². The number of benzene rings is 2. The van der Waals surface area contributed by atoms with Crippen molar-refractivity contribution >= 4 is 34.7 Å². The predicted octanol–water partition coefficient (Wildman–Crippen LogP) is 3.34. The van der Waals surface area contributed by atoms with E-state index in [1.165, 1.54) is 13.4 Å². The Morgan fingerprint density at radius 1 is 0.889 bits per heavy atom. The summed E-state index contributed by atoms with van der Waals surface area (Å²) in [6.45, 7) is 0. The van der Waals surface area contributed by atoms with Crippen LogP contribution in [0.15, 0.2) is 54.9 Å². The number of carbonyl (C=O) groups excluding carboxylic acids is 1. The minimum Gasteiger partial charge on any atom is -0.497 e. The van der Waals surface area contributed by atoms with Crippen molar-refractivity contribution in [3.05, 3.63) is 60.4 Å². The number of anilines is 5. The van der Waals surface area contributed by atoms with Gasteiger partial charge < -0.3 is 25.8 Å². The highest BCUT2D eigenvalue weighted by atomic mass is 16.5. The Morgan fingerprint density at radius 3 is 1.89 bits per heavy atom. The molecular weight excluding hydrogens is 346 g/mol. The lowest BCUT2D eigenvalue weighted by atomic mass is 10.2. The Morgan fingerprint density at radius 2 is 1.41 bits per heavy atom. The van der Waals surface area contributed by atoms with E-state index in [0.29, 0.717) is 22.9 Å². The number of nitrogens with one attached hydrogen (secondary N) is 2. The van der Waals surface area contributed by atoms with Gasteiger partial charge in [-0.2, -0.15) is 0 Å². The Labute approximate surface area is 156 Å². The Kier molecular flexibility index (Phi) is 5.36. The summed E-state index contributed by atoms with van der Waals surface area (Å²) in [4.78, 5) is 19.9. The highest BCUT2D eigenvalue weighted by Crippen LogP contribution is 2.28. The second-order valence-corrected chi connectivity index (χ2v) is 5.53. The lowest BCUT2D eigenvalue weighted by molar-refractivity contribution is 0.0601. The van der Waals surface area contributed by atoms with Crippen LogP contribution < -0.4 is 21.1 Å². The van der Waals surface area contributed by atoms with Crippen LogP contribution in [-0.4, -0.2) is 30.2 Å². The first-order valence-corrected chi connectivity index (χ1v) is 8.07. The van der Waals surface area contributed by atoms with Crippen molar-refractivity contribution in [2.75, 3.05) is 30.6 Å². The fourth-order valence-electron chi connectivity index (χ4n) is 2.35. The number of nitrogens with two attached hydrogens (primary N) is 1. The average Bonchev–Trinajstić information content (AvgIpc) is 2.71. The van der Waals surface area contributed by atoms with Crippen LogP contribution in [0.4, 0.5) is 28.7 Å². The molecule has 27 heavy (non-hydrogen) atoms. The molecule has 0 aliphatic rings. The van der Waals surface area contributed by atoms with E-state index in [2.05, 4.69) is 25.3 Å². The summed E-state index contributed by atoms with van der Waals surface area (Å²) in [7, 11) is 2.95. The molecule has 0 saturated heterocycles. The van der Waals surface area contributed by atoms with Gasteiger partial charge in [-0.1, -0.05) is 0 Å². The molecule has 0 spiro atoms. The van der Waals surface area contributed by atoms with Crippen molar-refractivity contribution in [1.82, 2.24) is 9.97 Å². The molecular formula is C19H19N5O3. The van der Waals surface area contributed by atoms with Gasteiger partial charge in [0, 0.05) is 11.4 Å². The van der Waals surface area contributed by atoms with Gasteiger partial charge in [0.05, 0.1) is 19.8 Å². The van der Waals surface area contributed by atoms with Gasteiger partial charge in [-0.15, -0.1) is 0 Å². The lowest BCUT2D eigenvalue weighted by Gasteiger charge is -2.13. The second-order valence-electron chi connectivity index (χ2n) is 5.53. The Bertz CT molecular complexity index is 927. The first kappa shape index (κ1) is 18.0. The molecule has 0 saturated carbocycles. The maximum atomic E-state index is 11.5. The fourth-order valence-corrected chi connectivity index (χ4v) is 2.35. The number of nitrogen functional groups attached to an aromatic ring is 1. The normalized spacial score (nSPS) is 10.1. The van der Waals surface area contributed by atoms with Crippen LogP contribution in [0.3, 0.4) is 0 Å². The van der Waals surface area contributed by atoms with E-state index in [9.17, 15) is 4.79 Å². The first-order valence-electron chi connectivity index (χ1n) is 8.07. The van der Waals surface area contributed by atoms with Crippen molar-refractivity contribution in [2.24, 2.45) is 0 Å².